The predicted molar refractivity (Wildman–Crippen MR) is 369 cm³/mol. The molecule has 416 valence electrons. The number of rotatable bonds is 8. The summed E-state index contributed by atoms with van der Waals surface area (Å²) < 4.78 is 118. The first kappa shape index (κ1) is 40.8. The average Bonchev–Trinajstić information content (AvgIpc) is 0.800. The van der Waals surface area contributed by atoms with Crippen molar-refractivity contribution in [3.63, 3.8) is 0 Å². The van der Waals surface area contributed by atoms with Crippen molar-refractivity contribution >= 4 is 79.0 Å². The lowest BCUT2D eigenvalue weighted by atomic mass is 9.33. The average molecular weight is 1130 g/mol. The van der Waals surface area contributed by atoms with Crippen LogP contribution in [-0.4, -0.2) is 11.3 Å². The summed E-state index contributed by atoms with van der Waals surface area (Å²) in [4.78, 5) is 4.37. The number of aromatic nitrogens is 1. The number of aryl methyl sites for hydroxylation is 1. The van der Waals surface area contributed by atoms with E-state index in [0.29, 0.717) is 50.8 Å². The number of nitrogens with zero attached hydrogens (tertiary/aromatic N) is 4. The Kier molecular flexibility index (Phi) is 9.70. The fourth-order valence-corrected chi connectivity index (χ4v) is 13.0. The molecule has 0 radical (unpaired) electrons. The zero-order valence-corrected chi connectivity index (χ0v) is 49.0. The van der Waals surface area contributed by atoms with E-state index in [4.69, 9.17) is 12.3 Å². The zero-order chi connectivity index (χ0) is 70.5. The Labute approximate surface area is 529 Å². The molecular weight excluding hydrogens is 1050 g/mol. The van der Waals surface area contributed by atoms with Crippen molar-refractivity contribution in [3.8, 4) is 67.4 Å². The van der Waals surface area contributed by atoms with Gasteiger partial charge >= 0.3 is 0 Å². The lowest BCUT2D eigenvalue weighted by molar-refractivity contribution is 0.569. The molecule has 87 heavy (non-hydrogen) atoms. The summed E-state index contributed by atoms with van der Waals surface area (Å²) in [5.74, 6) is 0. The van der Waals surface area contributed by atoms with Crippen molar-refractivity contribution in [1.82, 2.24) is 4.57 Å². The Bertz CT molecular complexity index is 5520. The number of hydrogen-bond donors (Lipinski definition) is 0. The maximum absolute atomic E-state index is 11.3. The molecule has 0 spiro atoms. The molecule has 2 aliphatic heterocycles. The first-order valence-electron chi connectivity index (χ1n) is 35.8. The lowest BCUT2D eigenvalue weighted by Crippen LogP contribution is -2.61. The van der Waals surface area contributed by atoms with Gasteiger partial charge in [-0.1, -0.05) is 241 Å². The minimum Gasteiger partial charge on any atom is -0.311 e. The molecular formula is C82H65BN4. The third kappa shape index (κ3) is 9.23. The Morgan fingerprint density at radius 2 is 0.862 bits per heavy atom. The Morgan fingerprint density at radius 3 is 1.39 bits per heavy atom. The van der Waals surface area contributed by atoms with Crippen LogP contribution in [0.3, 0.4) is 0 Å². The van der Waals surface area contributed by atoms with Gasteiger partial charge in [0.25, 0.3) is 6.71 Å². The minimum absolute atomic E-state index is 0.00844. The molecule has 0 bridgehead atoms. The van der Waals surface area contributed by atoms with Crippen LogP contribution < -0.4 is 26.2 Å². The largest absolute Gasteiger partial charge is 0.311 e. The minimum atomic E-state index is -2.36. The highest BCUT2D eigenvalue weighted by molar-refractivity contribution is 7.00. The van der Waals surface area contributed by atoms with Crippen LogP contribution in [-0.2, 0) is 10.8 Å². The van der Waals surface area contributed by atoms with Crippen LogP contribution in [0.15, 0.2) is 267 Å². The number of fused-ring (bicyclic) bond motifs is 7. The summed E-state index contributed by atoms with van der Waals surface area (Å²) >= 11 is 0. The van der Waals surface area contributed by atoms with Crippen molar-refractivity contribution in [2.24, 2.45) is 0 Å². The standard InChI is InChI=1S/C82H65BN4/c1-53-31-33-57(34-32-53)62-41-61(56-25-15-10-16-26-56)44-68(45-62)86-77-47-59(55-23-13-9-14-24-55)37-40-72(77)83-71-39-36-58(54-21-11-8-12-22-54)46-76(71)85(78-48-64(49-79(86)80(78)83)63-42-65(81(2,3)4)50-66(43-63)82(5,6)7)67-38-35-60(52-84)75(51-67)87-73-29-19-17-27-69(73)70-28-18-20-30-74(70)87/h8-51H,1-7H3/i1D3,8D,9D,11D,12D,13D,14D,21D,22D,23D,24D. The molecule has 5 heteroatoms. The highest BCUT2D eigenvalue weighted by atomic mass is 15.2. The van der Waals surface area contributed by atoms with E-state index in [1.54, 1.807) is 24.3 Å². The monoisotopic (exact) mass is 1130 g/mol. The maximum Gasteiger partial charge on any atom is 0.252 e. The summed E-state index contributed by atoms with van der Waals surface area (Å²) in [5, 5.41) is 13.3. The predicted octanol–water partition coefficient (Wildman–Crippen LogP) is 20.0. The van der Waals surface area contributed by atoms with Crippen molar-refractivity contribution < 1.29 is 17.8 Å². The van der Waals surface area contributed by atoms with Gasteiger partial charge in [-0.25, -0.2) is 0 Å². The third-order valence-electron chi connectivity index (χ3n) is 17.3. The van der Waals surface area contributed by atoms with Gasteiger partial charge in [-0.15, -0.1) is 0 Å². The van der Waals surface area contributed by atoms with Crippen LogP contribution in [0.2, 0.25) is 0 Å². The molecule has 0 aliphatic carbocycles. The van der Waals surface area contributed by atoms with E-state index in [9.17, 15) is 10.7 Å². The first-order chi connectivity index (χ1) is 47.6. The van der Waals surface area contributed by atoms with Crippen LogP contribution in [0.5, 0.6) is 0 Å². The number of benzene rings is 12. The molecule has 12 aromatic carbocycles. The summed E-state index contributed by atoms with van der Waals surface area (Å²) in [6.45, 7) is 10.2. The molecule has 0 saturated heterocycles. The van der Waals surface area contributed by atoms with Crippen molar-refractivity contribution in [2.45, 2.75) is 59.2 Å². The molecule has 13 aromatic rings. The SMILES string of the molecule is [2H]c1c([2H])c([2H])c(-c2ccc3c(c2)N(c2cc(-c4ccccc4)cc(-c4ccc(C([2H])([2H])[2H])cc4)c2)c2cc(-c4cc(C(C)(C)C)cc(C(C)(C)C)c4)cc4c2B3c2ccc(-c3c([2H])c([2H])c([2H])c([2H])c3[2H])cc2N4c2ccc(C#N)c(-n3c4ccccc4c4ccccc43)c2)c([2H])c1[2H]. The van der Waals surface area contributed by atoms with E-state index in [1.807, 2.05) is 121 Å². The first-order valence-corrected chi connectivity index (χ1v) is 29.3. The topological polar surface area (TPSA) is 35.2 Å². The van der Waals surface area contributed by atoms with Gasteiger partial charge in [0, 0.05) is 49.0 Å². The van der Waals surface area contributed by atoms with Crippen LogP contribution >= 0.6 is 0 Å². The quantitative estimate of drug-likeness (QED) is 0.142. The Balaban J connectivity index is 1.12. The van der Waals surface area contributed by atoms with Gasteiger partial charge in [0.2, 0.25) is 0 Å². The molecule has 2 aliphatic rings. The highest BCUT2D eigenvalue weighted by Gasteiger charge is 2.44. The van der Waals surface area contributed by atoms with Gasteiger partial charge in [-0.05, 0) is 174 Å². The molecule has 0 amide bonds. The van der Waals surface area contributed by atoms with E-state index in [1.165, 1.54) is 0 Å². The second-order valence-electron chi connectivity index (χ2n) is 24.8. The van der Waals surface area contributed by atoms with E-state index < -0.39 is 49.8 Å². The van der Waals surface area contributed by atoms with Gasteiger partial charge < -0.3 is 14.4 Å². The van der Waals surface area contributed by atoms with Crippen LogP contribution in [0, 0.1) is 18.2 Å². The fourth-order valence-electron chi connectivity index (χ4n) is 13.0. The second kappa shape index (κ2) is 20.7. The molecule has 3 heterocycles. The maximum atomic E-state index is 11.3. The third-order valence-corrected chi connectivity index (χ3v) is 17.3. The molecule has 0 fully saturated rings. The number of anilines is 6. The van der Waals surface area contributed by atoms with Crippen LogP contribution in [0.1, 0.15) is 81.6 Å². The highest BCUT2D eigenvalue weighted by Crippen LogP contribution is 2.50. The van der Waals surface area contributed by atoms with E-state index in [-0.39, 0.29) is 51.7 Å². The van der Waals surface area contributed by atoms with Gasteiger partial charge in [-0.3, -0.25) is 0 Å². The Morgan fingerprint density at radius 1 is 0.391 bits per heavy atom. The summed E-state index contributed by atoms with van der Waals surface area (Å²) in [7, 11) is 0. The fraction of sp³-hybridized carbons (Fsp3) is 0.110. The molecule has 15 rings (SSSR count). The molecule has 0 unspecified atom stereocenters. The second-order valence-corrected chi connectivity index (χ2v) is 24.8. The van der Waals surface area contributed by atoms with Crippen LogP contribution in [0.25, 0.3) is 83.1 Å². The van der Waals surface area contributed by atoms with Crippen LogP contribution in [0.4, 0.5) is 34.1 Å². The summed E-state index contributed by atoms with van der Waals surface area (Å²) in [5.41, 5.74) is 16.5. The lowest BCUT2D eigenvalue weighted by Gasteiger charge is -2.45. The molecule has 0 N–H and O–H groups in total. The number of para-hydroxylation sites is 2. The number of nitriles is 1. The molecule has 0 atom stereocenters. The summed E-state index contributed by atoms with van der Waals surface area (Å²) in [6, 6.07) is 65.8. The van der Waals surface area contributed by atoms with Gasteiger partial charge in [0.1, 0.15) is 6.07 Å². The molecule has 0 saturated carbocycles. The molecule has 4 nitrogen and oxygen atoms in total. The van der Waals surface area contributed by atoms with Gasteiger partial charge in [0.15, 0.2) is 0 Å². The number of hydrogen-bond acceptors (Lipinski definition) is 3. The van der Waals surface area contributed by atoms with Crippen molar-refractivity contribution in [2.75, 3.05) is 9.80 Å². The van der Waals surface area contributed by atoms with Crippen molar-refractivity contribution in [1.29, 1.82) is 5.26 Å². The van der Waals surface area contributed by atoms with E-state index in [2.05, 4.69) is 123 Å². The normalized spacial score (nSPS) is 15.0. The van der Waals surface area contributed by atoms with Gasteiger partial charge in [0.05, 0.1) is 36.0 Å². The van der Waals surface area contributed by atoms with Crippen molar-refractivity contribution in [3.05, 3.63) is 289 Å². The summed E-state index contributed by atoms with van der Waals surface area (Å²) in [6.07, 6.45) is 0. The van der Waals surface area contributed by atoms with E-state index >= 15 is 0 Å². The van der Waals surface area contributed by atoms with Gasteiger partial charge in [-0.2, -0.15) is 5.26 Å². The Hall–Kier alpha value is -10.4. The zero-order valence-electron chi connectivity index (χ0n) is 62.0. The van der Waals surface area contributed by atoms with E-state index in [0.717, 1.165) is 88.4 Å². The molecule has 1 aromatic heterocycles. The smallest absolute Gasteiger partial charge is 0.252 e.